The average molecular weight is 277 g/mol. The van der Waals surface area contributed by atoms with Crippen LogP contribution in [-0.4, -0.2) is 24.4 Å². The van der Waals surface area contributed by atoms with Crippen LogP contribution in [0.3, 0.4) is 0 Å². The van der Waals surface area contributed by atoms with Gasteiger partial charge >= 0.3 is 0 Å². The van der Waals surface area contributed by atoms with Crippen LogP contribution in [0, 0.1) is 0 Å². The summed E-state index contributed by atoms with van der Waals surface area (Å²) < 4.78 is 15.8. The van der Waals surface area contributed by atoms with Gasteiger partial charge in [-0.3, -0.25) is 0 Å². The van der Waals surface area contributed by atoms with Gasteiger partial charge in [-0.05, 0) is 24.6 Å². The zero-order chi connectivity index (χ0) is 14.5. The number of nitrogens with two attached hydrogens (primary N) is 1. The normalized spacial score (nSPS) is 12.3. The van der Waals surface area contributed by atoms with Crippen LogP contribution in [0.5, 0.6) is 5.75 Å². The van der Waals surface area contributed by atoms with Crippen molar-refractivity contribution >= 4 is 5.69 Å². The van der Waals surface area contributed by atoms with Gasteiger partial charge in [-0.2, -0.15) is 4.98 Å². The van der Waals surface area contributed by atoms with E-state index in [4.69, 9.17) is 19.7 Å². The van der Waals surface area contributed by atoms with Gasteiger partial charge in [0.2, 0.25) is 5.82 Å². The van der Waals surface area contributed by atoms with Crippen LogP contribution in [0.2, 0.25) is 0 Å². The molecule has 0 saturated carbocycles. The summed E-state index contributed by atoms with van der Waals surface area (Å²) in [6.45, 7) is 2.08. The maximum atomic E-state index is 5.94. The minimum absolute atomic E-state index is 0.163. The van der Waals surface area contributed by atoms with E-state index in [1.54, 1.807) is 32.4 Å². The fraction of sp³-hybridized carbons (Fsp3) is 0.429. The Morgan fingerprint density at radius 3 is 2.80 bits per heavy atom. The minimum Gasteiger partial charge on any atom is -0.497 e. The van der Waals surface area contributed by atoms with E-state index >= 15 is 0 Å². The second kappa shape index (κ2) is 6.38. The highest BCUT2D eigenvalue weighted by Gasteiger charge is 2.19. The Balaban J connectivity index is 2.32. The van der Waals surface area contributed by atoms with Crippen molar-refractivity contribution < 1.29 is 14.0 Å². The molecule has 1 aromatic carbocycles. The molecule has 108 valence electrons. The number of anilines is 1. The molecule has 2 N–H and O–H groups in total. The Hall–Kier alpha value is -2.08. The van der Waals surface area contributed by atoms with Crippen molar-refractivity contribution in [1.29, 1.82) is 0 Å². The third-order valence-electron chi connectivity index (χ3n) is 3.06. The van der Waals surface area contributed by atoms with Gasteiger partial charge in [0.15, 0.2) is 0 Å². The molecule has 2 aromatic rings. The number of aromatic nitrogens is 2. The van der Waals surface area contributed by atoms with Crippen LogP contribution in [0.4, 0.5) is 5.69 Å². The molecule has 0 spiro atoms. The van der Waals surface area contributed by atoms with Gasteiger partial charge in [0.25, 0.3) is 5.89 Å². The van der Waals surface area contributed by atoms with Crippen molar-refractivity contribution in [2.75, 3.05) is 20.0 Å². The molecule has 0 aliphatic rings. The molecule has 1 unspecified atom stereocenters. The maximum absolute atomic E-state index is 5.94. The van der Waals surface area contributed by atoms with Crippen molar-refractivity contribution in [2.45, 2.75) is 25.9 Å². The minimum atomic E-state index is -0.163. The Morgan fingerprint density at radius 1 is 1.35 bits per heavy atom. The summed E-state index contributed by atoms with van der Waals surface area (Å²) in [5.74, 6) is 1.59. The molecule has 0 amide bonds. The van der Waals surface area contributed by atoms with Crippen LogP contribution in [0.1, 0.15) is 31.7 Å². The van der Waals surface area contributed by atoms with Crippen molar-refractivity contribution in [2.24, 2.45) is 0 Å². The number of nitrogens with zero attached hydrogens (tertiary/aromatic N) is 2. The highest BCUT2D eigenvalue weighted by atomic mass is 16.5. The molecule has 0 aliphatic carbocycles. The maximum Gasteiger partial charge on any atom is 0.260 e. The Kier molecular flexibility index (Phi) is 4.57. The Bertz CT molecular complexity index is 569. The van der Waals surface area contributed by atoms with Crippen molar-refractivity contribution in [3.63, 3.8) is 0 Å². The molecule has 6 nitrogen and oxygen atoms in total. The first-order valence-electron chi connectivity index (χ1n) is 6.49. The predicted molar refractivity (Wildman–Crippen MR) is 75.4 cm³/mol. The van der Waals surface area contributed by atoms with Crippen LogP contribution >= 0.6 is 0 Å². The summed E-state index contributed by atoms with van der Waals surface area (Å²) in [4.78, 5) is 4.37. The van der Waals surface area contributed by atoms with Gasteiger partial charge < -0.3 is 19.7 Å². The first-order chi connectivity index (χ1) is 9.69. The van der Waals surface area contributed by atoms with E-state index in [9.17, 15) is 0 Å². The largest absolute Gasteiger partial charge is 0.497 e. The number of methoxy groups -OCH3 is 2. The van der Waals surface area contributed by atoms with Gasteiger partial charge in [0, 0.05) is 12.8 Å². The molecule has 0 bridgehead atoms. The highest BCUT2D eigenvalue weighted by molar-refractivity contribution is 5.72. The molecule has 1 aromatic heterocycles. The van der Waals surface area contributed by atoms with Crippen molar-refractivity contribution in [3.05, 3.63) is 24.0 Å². The van der Waals surface area contributed by atoms with E-state index < -0.39 is 0 Å². The molecular weight excluding hydrogens is 258 g/mol. The third kappa shape index (κ3) is 2.91. The number of hydrogen-bond donors (Lipinski definition) is 1. The summed E-state index contributed by atoms with van der Waals surface area (Å²) in [6.07, 6.45) is 1.65. The lowest BCUT2D eigenvalue weighted by Gasteiger charge is -2.08. The molecule has 0 saturated heterocycles. The number of rotatable bonds is 6. The topological polar surface area (TPSA) is 83.4 Å². The van der Waals surface area contributed by atoms with Crippen molar-refractivity contribution in [1.82, 2.24) is 10.1 Å². The lowest BCUT2D eigenvalue weighted by Crippen LogP contribution is -2.03. The van der Waals surface area contributed by atoms with Gasteiger partial charge in [-0.1, -0.05) is 18.5 Å². The highest BCUT2D eigenvalue weighted by Crippen LogP contribution is 2.30. The quantitative estimate of drug-likeness (QED) is 0.817. The van der Waals surface area contributed by atoms with Gasteiger partial charge in [0.1, 0.15) is 11.9 Å². The molecule has 2 rings (SSSR count). The monoisotopic (exact) mass is 277 g/mol. The number of hydrogen-bond acceptors (Lipinski definition) is 6. The Labute approximate surface area is 117 Å². The summed E-state index contributed by atoms with van der Waals surface area (Å²) in [5.41, 5.74) is 7.16. The fourth-order valence-electron chi connectivity index (χ4n) is 1.94. The van der Waals surface area contributed by atoms with E-state index in [1.165, 1.54) is 0 Å². The van der Waals surface area contributed by atoms with Crippen LogP contribution in [0.25, 0.3) is 11.5 Å². The Morgan fingerprint density at radius 2 is 2.15 bits per heavy atom. The lowest BCUT2D eigenvalue weighted by molar-refractivity contribution is 0.0854. The van der Waals surface area contributed by atoms with Gasteiger partial charge in [-0.25, -0.2) is 0 Å². The first kappa shape index (κ1) is 14.3. The average Bonchev–Trinajstić information content (AvgIpc) is 2.94. The van der Waals surface area contributed by atoms with Crippen LogP contribution < -0.4 is 10.5 Å². The summed E-state index contributed by atoms with van der Waals surface area (Å²) >= 11 is 0. The zero-order valence-corrected chi connectivity index (χ0v) is 11.9. The van der Waals surface area contributed by atoms with Gasteiger partial charge in [-0.15, -0.1) is 0 Å². The van der Waals surface area contributed by atoms with E-state index in [2.05, 4.69) is 17.1 Å². The number of nitrogen functional groups attached to an aromatic ring is 1. The summed E-state index contributed by atoms with van der Waals surface area (Å²) in [7, 11) is 3.23. The van der Waals surface area contributed by atoms with E-state index in [0.717, 1.165) is 12.8 Å². The molecular formula is C14H19N3O3. The molecule has 0 radical (unpaired) electrons. The van der Waals surface area contributed by atoms with Crippen LogP contribution in [0.15, 0.2) is 22.7 Å². The lowest BCUT2D eigenvalue weighted by atomic mass is 10.1. The zero-order valence-electron chi connectivity index (χ0n) is 11.9. The number of ether oxygens (including phenoxy) is 2. The predicted octanol–water partition coefficient (Wildman–Crippen LogP) is 2.82. The molecule has 0 aliphatic heterocycles. The second-order valence-electron chi connectivity index (χ2n) is 4.42. The van der Waals surface area contributed by atoms with E-state index in [1.807, 2.05) is 0 Å². The smallest absolute Gasteiger partial charge is 0.260 e. The SMILES string of the molecule is CCCC(OC)c1noc(-c2cc(OC)ccc2N)n1. The standard InChI is InChI=1S/C14H19N3O3/c1-4-5-12(19-3)13-16-14(20-17-13)10-8-9(18-2)6-7-11(10)15/h6-8,12H,4-5,15H2,1-3H3. The fourth-order valence-corrected chi connectivity index (χ4v) is 1.94. The van der Waals surface area contributed by atoms with Crippen molar-refractivity contribution in [3.8, 4) is 17.2 Å². The van der Waals surface area contributed by atoms with Gasteiger partial charge in [0.05, 0.1) is 12.7 Å². The second-order valence-corrected chi connectivity index (χ2v) is 4.42. The number of benzene rings is 1. The van der Waals surface area contributed by atoms with E-state index in [-0.39, 0.29) is 6.10 Å². The molecule has 6 heteroatoms. The molecule has 1 heterocycles. The van der Waals surface area contributed by atoms with Crippen LogP contribution in [-0.2, 0) is 4.74 Å². The first-order valence-corrected chi connectivity index (χ1v) is 6.49. The molecule has 20 heavy (non-hydrogen) atoms. The molecule has 0 fully saturated rings. The van der Waals surface area contributed by atoms with E-state index in [0.29, 0.717) is 28.7 Å². The summed E-state index contributed by atoms with van der Waals surface area (Å²) in [6, 6.07) is 5.30. The third-order valence-corrected chi connectivity index (χ3v) is 3.06. The summed E-state index contributed by atoms with van der Waals surface area (Å²) in [5, 5.41) is 3.97. The molecule has 1 atom stereocenters.